The molecule has 2 heterocycles. The fourth-order valence-corrected chi connectivity index (χ4v) is 2.38. The number of carbonyl (C=O) groups excluding carboxylic acids is 1. The molecule has 0 aliphatic rings. The van der Waals surface area contributed by atoms with Crippen LogP contribution in [0.15, 0.2) is 49.1 Å². The summed E-state index contributed by atoms with van der Waals surface area (Å²) in [5, 5.41) is 8.62. The van der Waals surface area contributed by atoms with E-state index >= 15 is 0 Å². The molecule has 1 amide bonds. The second-order valence-corrected chi connectivity index (χ2v) is 5.48. The van der Waals surface area contributed by atoms with Gasteiger partial charge in [-0.05, 0) is 17.7 Å². The van der Waals surface area contributed by atoms with Gasteiger partial charge in [0.25, 0.3) is 0 Å². The van der Waals surface area contributed by atoms with E-state index in [9.17, 15) is 4.79 Å². The third kappa shape index (κ3) is 3.81. The molecule has 0 unspecified atom stereocenters. The van der Waals surface area contributed by atoms with E-state index in [0.717, 1.165) is 22.4 Å². The predicted octanol–water partition coefficient (Wildman–Crippen LogP) is 1.68. The average molecular weight is 325 g/mol. The molecular formula is C17H19N5O2. The zero-order valence-corrected chi connectivity index (χ0v) is 13.4. The highest BCUT2D eigenvalue weighted by Crippen LogP contribution is 2.18. The minimum absolute atomic E-state index is 0.276. The van der Waals surface area contributed by atoms with Crippen LogP contribution in [0, 0.1) is 0 Å². The third-order valence-corrected chi connectivity index (χ3v) is 3.69. The molecule has 0 fully saturated rings. The Labute approximate surface area is 139 Å². The Morgan fingerprint density at radius 1 is 1.08 bits per heavy atom. The van der Waals surface area contributed by atoms with Gasteiger partial charge < -0.3 is 10.5 Å². The van der Waals surface area contributed by atoms with Crippen molar-refractivity contribution < 1.29 is 9.53 Å². The Bertz CT molecular complexity index is 820. The summed E-state index contributed by atoms with van der Waals surface area (Å²) >= 11 is 0. The van der Waals surface area contributed by atoms with Crippen LogP contribution in [-0.4, -0.2) is 32.6 Å². The number of rotatable bonds is 7. The van der Waals surface area contributed by atoms with E-state index < -0.39 is 0 Å². The number of benzene rings is 1. The molecule has 0 radical (unpaired) electrons. The molecule has 0 spiro atoms. The van der Waals surface area contributed by atoms with Crippen molar-refractivity contribution in [3.63, 3.8) is 0 Å². The number of ether oxygens (including phenoxy) is 1. The molecule has 24 heavy (non-hydrogen) atoms. The summed E-state index contributed by atoms with van der Waals surface area (Å²) in [5.41, 5.74) is 8.23. The lowest BCUT2D eigenvalue weighted by atomic mass is 10.2. The maximum absolute atomic E-state index is 10.8. The second-order valence-electron chi connectivity index (χ2n) is 5.48. The first-order chi connectivity index (χ1) is 11.6. The van der Waals surface area contributed by atoms with Gasteiger partial charge >= 0.3 is 0 Å². The topological polar surface area (TPSA) is 88.0 Å². The van der Waals surface area contributed by atoms with Crippen molar-refractivity contribution in [2.24, 2.45) is 5.73 Å². The largest absolute Gasteiger partial charge is 0.497 e. The van der Waals surface area contributed by atoms with Crippen molar-refractivity contribution >= 4 is 5.91 Å². The van der Waals surface area contributed by atoms with Crippen LogP contribution in [0.25, 0.3) is 11.1 Å². The summed E-state index contributed by atoms with van der Waals surface area (Å²) in [6, 6.07) is 7.90. The van der Waals surface area contributed by atoms with Gasteiger partial charge in [0, 0.05) is 36.5 Å². The van der Waals surface area contributed by atoms with Crippen LogP contribution in [-0.2, 0) is 17.9 Å². The monoisotopic (exact) mass is 325 g/mol. The molecule has 0 saturated carbocycles. The highest BCUT2D eigenvalue weighted by Gasteiger charge is 2.06. The van der Waals surface area contributed by atoms with E-state index in [1.807, 2.05) is 41.3 Å². The molecule has 0 bridgehead atoms. The smallest absolute Gasteiger partial charge is 0.219 e. The molecular weight excluding hydrogens is 306 g/mol. The van der Waals surface area contributed by atoms with Gasteiger partial charge in [-0.3, -0.25) is 14.2 Å². The van der Waals surface area contributed by atoms with E-state index in [0.29, 0.717) is 13.1 Å². The summed E-state index contributed by atoms with van der Waals surface area (Å²) in [6.45, 7) is 1.16. The number of aromatic nitrogens is 4. The number of hydrogen-bond donors (Lipinski definition) is 1. The van der Waals surface area contributed by atoms with Crippen molar-refractivity contribution in [2.45, 2.75) is 19.5 Å². The molecule has 124 valence electrons. The number of primary amides is 1. The van der Waals surface area contributed by atoms with Gasteiger partial charge in [0.2, 0.25) is 5.91 Å². The number of nitrogens with zero attached hydrogens (tertiary/aromatic N) is 4. The molecule has 2 aromatic heterocycles. The molecule has 7 nitrogen and oxygen atoms in total. The van der Waals surface area contributed by atoms with Crippen LogP contribution in [0.4, 0.5) is 0 Å². The van der Waals surface area contributed by atoms with Crippen LogP contribution in [0.3, 0.4) is 0 Å². The highest BCUT2D eigenvalue weighted by atomic mass is 16.5. The van der Waals surface area contributed by atoms with Crippen LogP contribution < -0.4 is 10.5 Å². The van der Waals surface area contributed by atoms with Gasteiger partial charge in [-0.15, -0.1) is 0 Å². The van der Waals surface area contributed by atoms with E-state index in [2.05, 4.69) is 10.2 Å². The van der Waals surface area contributed by atoms with Crippen LogP contribution in [0.5, 0.6) is 5.75 Å². The number of methoxy groups -OCH3 is 1. The Kier molecular flexibility index (Phi) is 4.60. The summed E-state index contributed by atoms with van der Waals surface area (Å²) in [5.74, 6) is 0.502. The van der Waals surface area contributed by atoms with Gasteiger partial charge in [0.1, 0.15) is 5.75 Å². The van der Waals surface area contributed by atoms with Gasteiger partial charge in [-0.25, -0.2) is 0 Å². The molecule has 3 aromatic rings. The normalized spacial score (nSPS) is 10.7. The summed E-state index contributed by atoms with van der Waals surface area (Å²) in [7, 11) is 1.65. The first-order valence-electron chi connectivity index (χ1n) is 7.60. The number of aryl methyl sites for hydroxylation is 1. The van der Waals surface area contributed by atoms with Crippen LogP contribution >= 0.6 is 0 Å². The number of hydrogen-bond acceptors (Lipinski definition) is 4. The van der Waals surface area contributed by atoms with Crippen molar-refractivity contribution in [3.8, 4) is 16.9 Å². The van der Waals surface area contributed by atoms with Gasteiger partial charge in [-0.2, -0.15) is 10.2 Å². The minimum Gasteiger partial charge on any atom is -0.497 e. The third-order valence-electron chi connectivity index (χ3n) is 3.69. The Hall–Kier alpha value is -3.09. The van der Waals surface area contributed by atoms with E-state index in [1.165, 1.54) is 0 Å². The fourth-order valence-electron chi connectivity index (χ4n) is 2.38. The molecule has 0 atom stereocenters. The Morgan fingerprint density at radius 2 is 1.71 bits per heavy atom. The molecule has 0 saturated heterocycles. The zero-order valence-electron chi connectivity index (χ0n) is 13.4. The SMILES string of the molecule is COc1ccc(Cn2cc(-c3cnn(CCC(N)=O)c3)cn2)cc1. The first-order valence-corrected chi connectivity index (χ1v) is 7.60. The molecule has 0 aliphatic heterocycles. The summed E-state index contributed by atoms with van der Waals surface area (Å²) in [6.07, 6.45) is 7.70. The van der Waals surface area contributed by atoms with E-state index in [4.69, 9.17) is 10.5 Å². The van der Waals surface area contributed by atoms with Gasteiger partial charge in [-0.1, -0.05) is 12.1 Å². The minimum atomic E-state index is -0.334. The number of carbonyl (C=O) groups is 1. The second kappa shape index (κ2) is 6.99. The van der Waals surface area contributed by atoms with Crippen molar-refractivity contribution in [3.05, 3.63) is 54.6 Å². The standard InChI is InChI=1S/C17H19N5O2/c1-24-16-4-2-13(3-5-16)10-22-12-15(9-20-22)14-8-19-21(11-14)7-6-17(18)23/h2-5,8-9,11-12H,6-7,10H2,1H3,(H2,18,23). The van der Waals surface area contributed by atoms with Gasteiger partial charge in [0.15, 0.2) is 0 Å². The van der Waals surface area contributed by atoms with E-state index in [-0.39, 0.29) is 12.3 Å². The predicted molar refractivity (Wildman–Crippen MR) is 89.4 cm³/mol. The average Bonchev–Trinajstić information content (AvgIpc) is 3.22. The lowest BCUT2D eigenvalue weighted by Crippen LogP contribution is -2.13. The molecule has 0 aliphatic carbocycles. The lowest BCUT2D eigenvalue weighted by Gasteiger charge is -2.03. The quantitative estimate of drug-likeness (QED) is 0.716. The number of amides is 1. The van der Waals surface area contributed by atoms with Crippen molar-refractivity contribution in [1.29, 1.82) is 0 Å². The van der Waals surface area contributed by atoms with Gasteiger partial charge in [0.05, 0.1) is 26.0 Å². The maximum Gasteiger partial charge on any atom is 0.219 e. The molecule has 3 rings (SSSR count). The maximum atomic E-state index is 10.8. The zero-order chi connectivity index (χ0) is 16.9. The summed E-state index contributed by atoms with van der Waals surface area (Å²) in [4.78, 5) is 10.8. The number of nitrogens with two attached hydrogens (primary N) is 1. The van der Waals surface area contributed by atoms with E-state index in [1.54, 1.807) is 24.2 Å². The Morgan fingerprint density at radius 3 is 2.33 bits per heavy atom. The highest BCUT2D eigenvalue weighted by molar-refractivity contribution is 5.73. The first kappa shape index (κ1) is 15.8. The van der Waals surface area contributed by atoms with Crippen molar-refractivity contribution in [1.82, 2.24) is 19.6 Å². The molecule has 1 aromatic carbocycles. The Balaban J connectivity index is 1.67. The van der Waals surface area contributed by atoms with Crippen molar-refractivity contribution in [2.75, 3.05) is 7.11 Å². The van der Waals surface area contributed by atoms with Crippen LogP contribution in [0.1, 0.15) is 12.0 Å². The summed E-state index contributed by atoms with van der Waals surface area (Å²) < 4.78 is 8.74. The fraction of sp³-hybridized carbons (Fsp3) is 0.235. The lowest BCUT2D eigenvalue weighted by molar-refractivity contribution is -0.118. The van der Waals surface area contributed by atoms with Crippen LogP contribution in [0.2, 0.25) is 0 Å². The molecule has 2 N–H and O–H groups in total. The molecule has 7 heteroatoms.